The van der Waals surface area contributed by atoms with Crippen molar-refractivity contribution in [3.05, 3.63) is 5.01 Å². The Kier molecular flexibility index (Phi) is 3.68. The van der Waals surface area contributed by atoms with Gasteiger partial charge in [0.1, 0.15) is 6.61 Å². The number of ether oxygens (including phenoxy) is 1. The molecule has 13 heavy (non-hydrogen) atoms. The average molecular weight is 218 g/mol. The largest absolute Gasteiger partial charge is 0.458 e. The number of esters is 1. The lowest BCUT2D eigenvalue weighted by molar-refractivity contribution is -0.148. The van der Waals surface area contributed by atoms with E-state index in [-0.39, 0.29) is 18.5 Å². The molecule has 0 amide bonds. The Hall–Kier alpha value is -0.620. The zero-order chi connectivity index (χ0) is 9.84. The van der Waals surface area contributed by atoms with Crippen LogP contribution in [0, 0.1) is 5.92 Å². The highest BCUT2D eigenvalue weighted by Crippen LogP contribution is 2.14. The number of rotatable bonds is 3. The predicted molar refractivity (Wildman–Crippen MR) is 51.8 cm³/mol. The lowest BCUT2D eigenvalue weighted by Crippen LogP contribution is -2.11. The van der Waals surface area contributed by atoms with Gasteiger partial charge in [0.15, 0.2) is 9.35 Å². The third-order valence-electron chi connectivity index (χ3n) is 1.27. The molecule has 0 aliphatic rings. The number of aromatic nitrogens is 2. The highest BCUT2D eigenvalue weighted by Gasteiger charge is 2.09. The fraction of sp³-hybridized carbons (Fsp3) is 0.571. The second-order valence-electron chi connectivity index (χ2n) is 2.74. The van der Waals surface area contributed by atoms with Gasteiger partial charge in [-0.3, -0.25) is 4.79 Å². The van der Waals surface area contributed by atoms with E-state index in [0.29, 0.717) is 9.35 Å². The maximum atomic E-state index is 11.0. The molecule has 0 aliphatic heterocycles. The summed E-state index contributed by atoms with van der Waals surface area (Å²) in [5.74, 6) is -0.334. The van der Waals surface area contributed by atoms with Crippen molar-refractivity contribution in [2.75, 3.05) is 0 Å². The first-order valence-electron chi connectivity index (χ1n) is 3.77. The van der Waals surface area contributed by atoms with Gasteiger partial charge in [-0.05, 0) is 0 Å². The molecule has 0 aromatic carbocycles. The molecule has 1 aromatic heterocycles. The minimum atomic E-state index is -0.226. The Morgan fingerprint density at radius 3 is 2.77 bits per heavy atom. The van der Waals surface area contributed by atoms with E-state index >= 15 is 0 Å². The van der Waals surface area contributed by atoms with E-state index in [2.05, 4.69) is 22.8 Å². The molecule has 0 unspecified atom stereocenters. The molecule has 1 heterocycles. The molecule has 0 aliphatic carbocycles. The van der Waals surface area contributed by atoms with Gasteiger partial charge in [0.2, 0.25) is 0 Å². The zero-order valence-corrected chi connectivity index (χ0v) is 9.06. The number of carbonyl (C=O) groups is 1. The molecule has 0 saturated heterocycles. The van der Waals surface area contributed by atoms with Crippen molar-refractivity contribution in [3.63, 3.8) is 0 Å². The summed E-state index contributed by atoms with van der Waals surface area (Å²) in [7, 11) is 0. The van der Waals surface area contributed by atoms with Crippen molar-refractivity contribution < 1.29 is 9.53 Å². The third-order valence-corrected chi connectivity index (χ3v) is 2.33. The predicted octanol–water partition coefficient (Wildman–Crippen LogP) is 1.53. The van der Waals surface area contributed by atoms with Crippen molar-refractivity contribution in [1.82, 2.24) is 10.2 Å². The van der Waals surface area contributed by atoms with E-state index in [0.717, 1.165) is 0 Å². The summed E-state index contributed by atoms with van der Waals surface area (Å²) >= 11 is 5.30. The molecular formula is C7H10N2O2S2. The van der Waals surface area contributed by atoms with Crippen LogP contribution in [0.25, 0.3) is 0 Å². The second-order valence-corrected chi connectivity index (χ2v) is 4.53. The standard InChI is InChI=1S/C7H10N2O2S2/c1-4(2)6(10)11-3-5-8-9-7(12)13-5/h4H,3H2,1-2H3,(H,9,12). The summed E-state index contributed by atoms with van der Waals surface area (Å²) in [5.41, 5.74) is 0. The maximum Gasteiger partial charge on any atom is 0.308 e. The summed E-state index contributed by atoms with van der Waals surface area (Å²) in [6.07, 6.45) is 0. The summed E-state index contributed by atoms with van der Waals surface area (Å²) in [4.78, 5) is 11.0. The number of nitrogens with zero attached hydrogens (tertiary/aromatic N) is 2. The van der Waals surface area contributed by atoms with Gasteiger partial charge in [-0.1, -0.05) is 25.2 Å². The first kappa shape index (κ1) is 10.5. The van der Waals surface area contributed by atoms with Gasteiger partial charge < -0.3 is 4.74 Å². The molecule has 1 aromatic rings. The van der Waals surface area contributed by atoms with Gasteiger partial charge in [0.05, 0.1) is 5.92 Å². The Morgan fingerprint density at radius 1 is 1.62 bits per heavy atom. The molecule has 0 fully saturated rings. The minimum Gasteiger partial charge on any atom is -0.458 e. The Labute approximate surface area is 85.7 Å². The molecule has 0 bridgehead atoms. The molecule has 0 radical (unpaired) electrons. The van der Waals surface area contributed by atoms with Gasteiger partial charge >= 0.3 is 5.97 Å². The molecule has 1 rings (SSSR count). The summed E-state index contributed by atoms with van der Waals surface area (Å²) in [6.45, 7) is 3.76. The van der Waals surface area contributed by atoms with Crippen LogP contribution in [0.4, 0.5) is 0 Å². The van der Waals surface area contributed by atoms with Crippen LogP contribution in [0.5, 0.6) is 0 Å². The maximum absolute atomic E-state index is 11.0. The second kappa shape index (κ2) is 4.57. The molecule has 0 N–H and O–H groups in total. The fourth-order valence-electron chi connectivity index (χ4n) is 0.603. The monoisotopic (exact) mass is 218 g/mol. The SMILES string of the molecule is CC(C)C(=O)OCc1nnc(S)s1. The van der Waals surface area contributed by atoms with Crippen LogP contribution in [0.3, 0.4) is 0 Å². The first-order valence-corrected chi connectivity index (χ1v) is 5.04. The van der Waals surface area contributed by atoms with Crippen molar-refractivity contribution in [2.45, 2.75) is 24.8 Å². The molecule has 0 atom stereocenters. The zero-order valence-electron chi connectivity index (χ0n) is 7.35. The van der Waals surface area contributed by atoms with Crippen LogP contribution in [0.2, 0.25) is 0 Å². The quantitative estimate of drug-likeness (QED) is 0.617. The third kappa shape index (κ3) is 3.31. The van der Waals surface area contributed by atoms with Gasteiger partial charge in [-0.2, -0.15) is 0 Å². The number of hydrogen-bond donors (Lipinski definition) is 1. The fourth-order valence-corrected chi connectivity index (χ4v) is 1.46. The molecule has 72 valence electrons. The first-order chi connectivity index (χ1) is 6.09. The average Bonchev–Trinajstić information content (AvgIpc) is 2.47. The van der Waals surface area contributed by atoms with Crippen molar-refractivity contribution >= 4 is 29.9 Å². The molecule has 0 spiro atoms. The lowest BCUT2D eigenvalue weighted by Gasteiger charge is -2.03. The van der Waals surface area contributed by atoms with Crippen LogP contribution in [-0.4, -0.2) is 16.2 Å². The van der Waals surface area contributed by atoms with Crippen LogP contribution in [0.1, 0.15) is 18.9 Å². The van der Waals surface area contributed by atoms with Crippen LogP contribution >= 0.6 is 24.0 Å². The lowest BCUT2D eigenvalue weighted by atomic mass is 10.2. The van der Waals surface area contributed by atoms with E-state index in [9.17, 15) is 4.79 Å². The summed E-state index contributed by atoms with van der Waals surface area (Å²) < 4.78 is 5.52. The Bertz CT molecular complexity index is 298. The Morgan fingerprint density at radius 2 is 2.31 bits per heavy atom. The van der Waals surface area contributed by atoms with Gasteiger partial charge in [-0.15, -0.1) is 22.8 Å². The van der Waals surface area contributed by atoms with E-state index in [1.807, 2.05) is 0 Å². The van der Waals surface area contributed by atoms with Gasteiger partial charge in [-0.25, -0.2) is 0 Å². The Balaban J connectivity index is 2.39. The number of thiol groups is 1. The van der Waals surface area contributed by atoms with Gasteiger partial charge in [0.25, 0.3) is 0 Å². The van der Waals surface area contributed by atoms with Crippen LogP contribution in [0.15, 0.2) is 4.34 Å². The highest BCUT2D eigenvalue weighted by atomic mass is 32.2. The summed E-state index contributed by atoms with van der Waals surface area (Å²) in [6, 6.07) is 0. The van der Waals surface area contributed by atoms with E-state index in [4.69, 9.17) is 4.74 Å². The van der Waals surface area contributed by atoms with Crippen molar-refractivity contribution in [1.29, 1.82) is 0 Å². The van der Waals surface area contributed by atoms with E-state index in [1.54, 1.807) is 13.8 Å². The molecule has 4 nitrogen and oxygen atoms in total. The smallest absolute Gasteiger partial charge is 0.308 e. The molecule has 0 saturated carbocycles. The normalized spacial score (nSPS) is 10.5. The highest BCUT2D eigenvalue weighted by molar-refractivity contribution is 7.82. The topological polar surface area (TPSA) is 52.1 Å². The molecule has 6 heteroatoms. The molecular weight excluding hydrogens is 208 g/mol. The minimum absolute atomic E-state index is 0.108. The van der Waals surface area contributed by atoms with Crippen LogP contribution in [-0.2, 0) is 16.1 Å². The number of hydrogen-bond acceptors (Lipinski definition) is 6. The number of carbonyl (C=O) groups excluding carboxylic acids is 1. The summed E-state index contributed by atoms with van der Waals surface area (Å²) in [5, 5.41) is 8.11. The van der Waals surface area contributed by atoms with Crippen LogP contribution < -0.4 is 0 Å². The van der Waals surface area contributed by atoms with E-state index < -0.39 is 0 Å². The van der Waals surface area contributed by atoms with Crippen molar-refractivity contribution in [2.24, 2.45) is 5.92 Å². The van der Waals surface area contributed by atoms with E-state index in [1.165, 1.54) is 11.3 Å². The van der Waals surface area contributed by atoms with Crippen molar-refractivity contribution in [3.8, 4) is 0 Å². The van der Waals surface area contributed by atoms with Gasteiger partial charge in [0, 0.05) is 0 Å².